The molecule has 2 N–H and O–H groups in total. The minimum atomic E-state index is -0.750. The predicted octanol–water partition coefficient (Wildman–Crippen LogP) is 0.435. The fourth-order valence-electron chi connectivity index (χ4n) is 3.02. The molecule has 0 spiro atoms. The minimum absolute atomic E-state index is 0.0706. The molecule has 0 saturated carbocycles. The number of rotatable bonds is 2. The molecule has 2 rings (SSSR count). The topological polar surface area (TPSA) is 58.8 Å². The normalized spacial score (nSPS) is 27.6. The molecule has 5 heteroatoms. The Balaban J connectivity index is 1.84. The van der Waals surface area contributed by atoms with Crippen LogP contribution in [0.1, 0.15) is 33.6 Å². The molecule has 1 amide bonds. The van der Waals surface area contributed by atoms with Crippen LogP contribution in [0.4, 0.5) is 0 Å². The molecule has 1 unspecified atom stereocenters. The third-order valence-corrected chi connectivity index (χ3v) is 4.09. The maximum Gasteiger partial charge on any atom is 0.242 e. The molecule has 0 bridgehead atoms. The van der Waals surface area contributed by atoms with E-state index in [4.69, 9.17) is 10.5 Å². The van der Waals surface area contributed by atoms with Crippen LogP contribution in [-0.2, 0) is 9.53 Å². The van der Waals surface area contributed by atoms with Crippen molar-refractivity contribution in [2.75, 3.05) is 32.8 Å². The van der Waals surface area contributed by atoms with Gasteiger partial charge in [0.05, 0.1) is 18.2 Å². The van der Waals surface area contributed by atoms with Crippen molar-refractivity contribution in [3.63, 3.8) is 0 Å². The van der Waals surface area contributed by atoms with E-state index in [1.807, 2.05) is 4.90 Å². The van der Waals surface area contributed by atoms with E-state index >= 15 is 0 Å². The Hall–Kier alpha value is -0.650. The Morgan fingerprint density at radius 3 is 2.42 bits per heavy atom. The second kappa shape index (κ2) is 5.77. The maximum absolute atomic E-state index is 12.1. The van der Waals surface area contributed by atoms with E-state index in [1.165, 1.54) is 0 Å². The zero-order valence-electron chi connectivity index (χ0n) is 12.4. The fraction of sp³-hybridized carbons (Fsp3) is 0.929. The van der Waals surface area contributed by atoms with Crippen LogP contribution < -0.4 is 5.73 Å². The summed E-state index contributed by atoms with van der Waals surface area (Å²) in [5, 5.41) is 0. The first kappa shape index (κ1) is 14.8. The van der Waals surface area contributed by atoms with Gasteiger partial charge in [0.25, 0.3) is 0 Å². The fourth-order valence-corrected chi connectivity index (χ4v) is 3.02. The van der Waals surface area contributed by atoms with Crippen LogP contribution in [0.25, 0.3) is 0 Å². The number of carbonyl (C=O) groups is 1. The van der Waals surface area contributed by atoms with Gasteiger partial charge in [0.1, 0.15) is 0 Å². The summed E-state index contributed by atoms with van der Waals surface area (Å²) in [5.74, 6) is 0.0706. The van der Waals surface area contributed by atoms with Gasteiger partial charge in [-0.2, -0.15) is 0 Å². The summed E-state index contributed by atoms with van der Waals surface area (Å²) in [6, 6.07) is 0.594. The van der Waals surface area contributed by atoms with E-state index in [1.54, 1.807) is 13.8 Å². The highest BCUT2D eigenvalue weighted by Crippen LogP contribution is 2.20. The second-order valence-electron chi connectivity index (χ2n) is 6.42. The molecule has 2 fully saturated rings. The summed E-state index contributed by atoms with van der Waals surface area (Å²) in [4.78, 5) is 16.6. The molecule has 0 aromatic carbocycles. The van der Waals surface area contributed by atoms with Crippen LogP contribution in [0.3, 0.4) is 0 Å². The van der Waals surface area contributed by atoms with Gasteiger partial charge < -0.3 is 15.4 Å². The summed E-state index contributed by atoms with van der Waals surface area (Å²) in [6.07, 6.45) is 2.43. The number of hydrogen-bond donors (Lipinski definition) is 1. The lowest BCUT2D eigenvalue weighted by Gasteiger charge is -2.42. The van der Waals surface area contributed by atoms with Crippen molar-refractivity contribution in [1.82, 2.24) is 9.80 Å². The predicted molar refractivity (Wildman–Crippen MR) is 74.9 cm³/mol. The van der Waals surface area contributed by atoms with Gasteiger partial charge in [-0.15, -0.1) is 0 Å². The monoisotopic (exact) mass is 269 g/mol. The SMILES string of the molecule is CC1CN(C2CCN(C(=O)C(C)(C)N)CC2)CCO1. The highest BCUT2D eigenvalue weighted by molar-refractivity contribution is 5.85. The first-order valence-corrected chi connectivity index (χ1v) is 7.32. The van der Waals surface area contributed by atoms with E-state index in [2.05, 4.69) is 11.8 Å². The Morgan fingerprint density at radius 2 is 1.89 bits per heavy atom. The van der Waals surface area contributed by atoms with Crippen LogP contribution in [0.15, 0.2) is 0 Å². The lowest BCUT2D eigenvalue weighted by Crippen LogP contribution is -2.56. The van der Waals surface area contributed by atoms with Crippen molar-refractivity contribution in [3.05, 3.63) is 0 Å². The Bertz CT molecular complexity index is 319. The van der Waals surface area contributed by atoms with Crippen molar-refractivity contribution in [2.24, 2.45) is 5.73 Å². The molecule has 19 heavy (non-hydrogen) atoms. The summed E-state index contributed by atoms with van der Waals surface area (Å²) < 4.78 is 5.58. The van der Waals surface area contributed by atoms with Crippen LogP contribution in [0.2, 0.25) is 0 Å². The average molecular weight is 269 g/mol. The summed E-state index contributed by atoms with van der Waals surface area (Å²) in [7, 11) is 0. The number of nitrogens with two attached hydrogens (primary N) is 1. The molecule has 5 nitrogen and oxygen atoms in total. The summed E-state index contributed by atoms with van der Waals surface area (Å²) in [6.45, 7) is 10.2. The number of hydrogen-bond acceptors (Lipinski definition) is 4. The number of piperidine rings is 1. The van der Waals surface area contributed by atoms with Crippen LogP contribution in [-0.4, -0.2) is 66.2 Å². The van der Waals surface area contributed by atoms with E-state index in [9.17, 15) is 4.79 Å². The Morgan fingerprint density at radius 1 is 1.26 bits per heavy atom. The molecule has 2 aliphatic heterocycles. The van der Waals surface area contributed by atoms with Gasteiger partial charge in [-0.25, -0.2) is 0 Å². The minimum Gasteiger partial charge on any atom is -0.376 e. The number of morpholine rings is 1. The lowest BCUT2D eigenvalue weighted by molar-refractivity contribution is -0.137. The average Bonchev–Trinajstić information content (AvgIpc) is 2.37. The van der Waals surface area contributed by atoms with Crippen molar-refractivity contribution >= 4 is 5.91 Å². The van der Waals surface area contributed by atoms with Gasteiger partial charge in [-0.05, 0) is 33.6 Å². The number of carbonyl (C=O) groups excluding carboxylic acids is 1. The molecule has 0 aromatic heterocycles. The van der Waals surface area contributed by atoms with Gasteiger partial charge in [0, 0.05) is 32.2 Å². The molecule has 1 atom stereocenters. The largest absolute Gasteiger partial charge is 0.376 e. The Kier molecular flexibility index (Phi) is 4.48. The highest BCUT2D eigenvalue weighted by atomic mass is 16.5. The molecular weight excluding hydrogens is 242 g/mol. The van der Waals surface area contributed by atoms with Gasteiger partial charge in [-0.1, -0.05) is 0 Å². The molecule has 0 aliphatic carbocycles. The van der Waals surface area contributed by atoms with Crippen molar-refractivity contribution in [1.29, 1.82) is 0 Å². The molecule has 2 saturated heterocycles. The van der Waals surface area contributed by atoms with Gasteiger partial charge in [-0.3, -0.25) is 9.69 Å². The third-order valence-electron chi connectivity index (χ3n) is 4.09. The van der Waals surface area contributed by atoms with Crippen LogP contribution >= 0.6 is 0 Å². The number of nitrogens with zero attached hydrogens (tertiary/aromatic N) is 2. The smallest absolute Gasteiger partial charge is 0.242 e. The van der Waals surface area contributed by atoms with E-state index < -0.39 is 5.54 Å². The van der Waals surface area contributed by atoms with Crippen molar-refractivity contribution < 1.29 is 9.53 Å². The third kappa shape index (κ3) is 3.68. The first-order valence-electron chi connectivity index (χ1n) is 7.32. The van der Waals surface area contributed by atoms with Crippen molar-refractivity contribution in [3.8, 4) is 0 Å². The first-order chi connectivity index (χ1) is 8.88. The number of ether oxygens (including phenoxy) is 1. The van der Waals surface area contributed by atoms with Gasteiger partial charge in [0.15, 0.2) is 0 Å². The molecular formula is C14H27N3O2. The zero-order valence-corrected chi connectivity index (χ0v) is 12.4. The van der Waals surface area contributed by atoms with E-state index in [0.717, 1.165) is 45.6 Å². The van der Waals surface area contributed by atoms with Crippen LogP contribution in [0.5, 0.6) is 0 Å². The van der Waals surface area contributed by atoms with Gasteiger partial charge in [0.2, 0.25) is 5.91 Å². The van der Waals surface area contributed by atoms with E-state index in [0.29, 0.717) is 12.1 Å². The summed E-state index contributed by atoms with van der Waals surface area (Å²) in [5.41, 5.74) is 5.14. The Labute approximate surface area is 116 Å². The molecule has 0 aromatic rings. The van der Waals surface area contributed by atoms with E-state index in [-0.39, 0.29) is 5.91 Å². The van der Waals surface area contributed by atoms with Crippen LogP contribution in [0, 0.1) is 0 Å². The molecule has 110 valence electrons. The molecule has 2 aliphatic rings. The lowest BCUT2D eigenvalue weighted by atomic mass is 9.98. The quantitative estimate of drug-likeness (QED) is 0.790. The van der Waals surface area contributed by atoms with Gasteiger partial charge >= 0.3 is 0 Å². The second-order valence-corrected chi connectivity index (χ2v) is 6.42. The molecule has 0 radical (unpaired) electrons. The standard InChI is InChI=1S/C14H27N3O2/c1-11-10-17(8-9-19-11)12-4-6-16(7-5-12)13(18)14(2,3)15/h11-12H,4-10,15H2,1-3H3. The number of amides is 1. The summed E-state index contributed by atoms with van der Waals surface area (Å²) >= 11 is 0. The number of likely N-dealkylation sites (tertiary alicyclic amines) is 1. The molecule has 2 heterocycles. The van der Waals surface area contributed by atoms with Crippen molar-refractivity contribution in [2.45, 2.75) is 51.3 Å². The highest BCUT2D eigenvalue weighted by Gasteiger charge is 2.33. The zero-order chi connectivity index (χ0) is 14.0. The maximum atomic E-state index is 12.1.